The minimum absolute atomic E-state index is 0.139. The van der Waals surface area contributed by atoms with E-state index in [1.165, 1.54) is 23.0 Å². The summed E-state index contributed by atoms with van der Waals surface area (Å²) in [6, 6.07) is 22.6. The van der Waals surface area contributed by atoms with E-state index in [2.05, 4.69) is 64.4 Å². The summed E-state index contributed by atoms with van der Waals surface area (Å²) in [5.41, 5.74) is 4.91. The number of pyridine rings is 1. The molecule has 6 heteroatoms. The molecule has 1 amide bonds. The van der Waals surface area contributed by atoms with Crippen LogP contribution >= 0.6 is 0 Å². The fourth-order valence-electron chi connectivity index (χ4n) is 3.72. The van der Waals surface area contributed by atoms with E-state index in [1.54, 1.807) is 12.4 Å². The summed E-state index contributed by atoms with van der Waals surface area (Å²) >= 11 is 0. The number of carbonyl (C=O) groups is 1. The Morgan fingerprint density at radius 3 is 2.58 bits per heavy atom. The highest BCUT2D eigenvalue weighted by atomic mass is 16.3. The second kappa shape index (κ2) is 10.7. The highest BCUT2D eigenvalue weighted by Gasteiger charge is 2.21. The van der Waals surface area contributed by atoms with E-state index in [0.717, 1.165) is 12.1 Å². The molecule has 4 aromatic rings. The molecule has 168 valence electrons. The number of hydrogen-bond donors (Lipinski definition) is 1. The molecule has 0 spiro atoms. The molecule has 0 fully saturated rings. The molecule has 6 nitrogen and oxygen atoms in total. The Morgan fingerprint density at radius 1 is 1.03 bits per heavy atom. The van der Waals surface area contributed by atoms with Crippen LogP contribution in [0.25, 0.3) is 0 Å². The standard InChI is InChI=1S/C27H28N4O2/c1-20-9-6-7-13-24(20)17-31(21(2)23-11-4-3-5-12-23)18-26-30-25(19-33-26)27(32)29-16-22-10-8-14-28-15-22/h3-15,19,21H,16-18H2,1-2H3,(H,29,32). The molecule has 1 N–H and O–H groups in total. The summed E-state index contributed by atoms with van der Waals surface area (Å²) in [5, 5.41) is 2.86. The van der Waals surface area contributed by atoms with Gasteiger partial charge < -0.3 is 9.73 Å². The van der Waals surface area contributed by atoms with E-state index >= 15 is 0 Å². The molecule has 0 saturated heterocycles. The predicted octanol–water partition coefficient (Wildman–Crippen LogP) is 5.07. The molecule has 4 rings (SSSR count). The van der Waals surface area contributed by atoms with Crippen LogP contribution in [0.5, 0.6) is 0 Å². The van der Waals surface area contributed by atoms with Crippen LogP contribution in [0.1, 0.15) is 51.6 Å². The normalized spacial score (nSPS) is 12.0. The lowest BCUT2D eigenvalue weighted by Gasteiger charge is -2.29. The van der Waals surface area contributed by atoms with E-state index in [-0.39, 0.29) is 17.6 Å². The van der Waals surface area contributed by atoms with Crippen molar-refractivity contribution in [1.82, 2.24) is 20.2 Å². The van der Waals surface area contributed by atoms with Crippen LogP contribution in [0.2, 0.25) is 0 Å². The number of carbonyl (C=O) groups excluding carboxylic acids is 1. The molecule has 33 heavy (non-hydrogen) atoms. The SMILES string of the molecule is Cc1ccccc1CN(Cc1nc(C(=O)NCc2cccnc2)co1)C(C)c1ccccc1. The number of benzene rings is 2. The molecule has 2 heterocycles. The molecule has 2 aromatic heterocycles. The van der Waals surface area contributed by atoms with Gasteiger partial charge in [0.15, 0.2) is 5.69 Å². The lowest BCUT2D eigenvalue weighted by molar-refractivity contribution is 0.0945. The smallest absolute Gasteiger partial charge is 0.273 e. The Hall–Kier alpha value is -3.77. The molecule has 0 aliphatic carbocycles. The van der Waals surface area contributed by atoms with Gasteiger partial charge >= 0.3 is 0 Å². The first-order chi connectivity index (χ1) is 16.1. The van der Waals surface area contributed by atoms with Gasteiger partial charge in [-0.05, 0) is 42.2 Å². The van der Waals surface area contributed by atoms with Crippen molar-refractivity contribution >= 4 is 5.91 Å². The minimum Gasteiger partial charge on any atom is -0.447 e. The van der Waals surface area contributed by atoms with Crippen LogP contribution in [-0.4, -0.2) is 20.8 Å². The highest BCUT2D eigenvalue weighted by molar-refractivity contribution is 5.91. The Morgan fingerprint density at radius 2 is 1.82 bits per heavy atom. The Balaban J connectivity index is 1.48. The number of nitrogens with zero attached hydrogens (tertiary/aromatic N) is 3. The first kappa shape index (κ1) is 22.4. The third-order valence-electron chi connectivity index (χ3n) is 5.76. The van der Waals surface area contributed by atoms with Crippen molar-refractivity contribution in [3.63, 3.8) is 0 Å². The molecule has 0 aliphatic heterocycles. The van der Waals surface area contributed by atoms with Gasteiger partial charge in [-0.25, -0.2) is 4.98 Å². The molecule has 2 aromatic carbocycles. The second-order valence-corrected chi connectivity index (χ2v) is 8.09. The van der Waals surface area contributed by atoms with Crippen LogP contribution in [0.4, 0.5) is 0 Å². The molecular formula is C27H28N4O2. The van der Waals surface area contributed by atoms with Crippen molar-refractivity contribution in [3.05, 3.63) is 119 Å². The van der Waals surface area contributed by atoms with Crippen LogP contribution in [0, 0.1) is 6.92 Å². The first-order valence-corrected chi connectivity index (χ1v) is 11.0. The van der Waals surface area contributed by atoms with Gasteiger partial charge in [0.1, 0.15) is 6.26 Å². The largest absolute Gasteiger partial charge is 0.447 e. The molecule has 0 bridgehead atoms. The quantitative estimate of drug-likeness (QED) is 0.393. The fourth-order valence-corrected chi connectivity index (χ4v) is 3.72. The summed E-state index contributed by atoms with van der Waals surface area (Å²) in [6.45, 7) is 5.92. The predicted molar refractivity (Wildman–Crippen MR) is 127 cm³/mol. The topological polar surface area (TPSA) is 71.3 Å². The van der Waals surface area contributed by atoms with Crippen molar-refractivity contribution in [2.24, 2.45) is 0 Å². The van der Waals surface area contributed by atoms with Gasteiger partial charge in [0, 0.05) is 31.5 Å². The maximum absolute atomic E-state index is 12.5. The van der Waals surface area contributed by atoms with E-state index in [0.29, 0.717) is 19.0 Å². The summed E-state index contributed by atoms with van der Waals surface area (Å²) < 4.78 is 5.70. The Labute approximate surface area is 194 Å². The summed E-state index contributed by atoms with van der Waals surface area (Å²) in [4.78, 5) is 23.4. The number of rotatable bonds is 9. The number of amides is 1. The van der Waals surface area contributed by atoms with Gasteiger partial charge in [-0.3, -0.25) is 14.7 Å². The highest BCUT2D eigenvalue weighted by Crippen LogP contribution is 2.25. The van der Waals surface area contributed by atoms with Gasteiger partial charge in [-0.2, -0.15) is 0 Å². The van der Waals surface area contributed by atoms with E-state index in [4.69, 9.17) is 4.42 Å². The Bertz CT molecular complexity index is 1170. The zero-order chi connectivity index (χ0) is 23.0. The van der Waals surface area contributed by atoms with Crippen molar-refractivity contribution in [3.8, 4) is 0 Å². The molecule has 0 saturated carbocycles. The number of oxazole rings is 1. The van der Waals surface area contributed by atoms with Gasteiger partial charge in [0.05, 0.1) is 6.54 Å². The maximum Gasteiger partial charge on any atom is 0.273 e. The van der Waals surface area contributed by atoms with Crippen molar-refractivity contribution in [2.75, 3.05) is 0 Å². The first-order valence-electron chi connectivity index (χ1n) is 11.0. The van der Waals surface area contributed by atoms with Gasteiger partial charge in [0.2, 0.25) is 5.89 Å². The third kappa shape index (κ3) is 5.93. The monoisotopic (exact) mass is 440 g/mol. The summed E-state index contributed by atoms with van der Waals surface area (Å²) in [6.07, 6.45) is 4.85. The summed E-state index contributed by atoms with van der Waals surface area (Å²) in [7, 11) is 0. The average molecular weight is 441 g/mol. The zero-order valence-electron chi connectivity index (χ0n) is 18.9. The van der Waals surface area contributed by atoms with Crippen LogP contribution in [0.15, 0.2) is 89.8 Å². The van der Waals surface area contributed by atoms with E-state index in [9.17, 15) is 4.79 Å². The number of nitrogens with one attached hydrogen (secondary N) is 1. The fraction of sp³-hybridized carbons (Fsp3) is 0.222. The van der Waals surface area contributed by atoms with Crippen molar-refractivity contribution in [1.29, 1.82) is 0 Å². The number of aromatic nitrogens is 2. The van der Waals surface area contributed by atoms with Crippen molar-refractivity contribution in [2.45, 2.75) is 39.5 Å². The van der Waals surface area contributed by atoms with E-state index in [1.807, 2.05) is 36.4 Å². The molecule has 0 aliphatic rings. The van der Waals surface area contributed by atoms with Crippen LogP contribution in [-0.2, 0) is 19.6 Å². The average Bonchev–Trinajstić information content (AvgIpc) is 3.33. The van der Waals surface area contributed by atoms with Gasteiger partial charge in [-0.15, -0.1) is 0 Å². The number of hydrogen-bond acceptors (Lipinski definition) is 5. The van der Waals surface area contributed by atoms with Crippen LogP contribution in [0.3, 0.4) is 0 Å². The van der Waals surface area contributed by atoms with Crippen molar-refractivity contribution < 1.29 is 9.21 Å². The third-order valence-corrected chi connectivity index (χ3v) is 5.76. The van der Waals surface area contributed by atoms with Crippen LogP contribution < -0.4 is 5.32 Å². The zero-order valence-corrected chi connectivity index (χ0v) is 18.9. The molecular weight excluding hydrogens is 412 g/mol. The lowest BCUT2D eigenvalue weighted by Crippen LogP contribution is -2.27. The maximum atomic E-state index is 12.5. The van der Waals surface area contributed by atoms with Gasteiger partial charge in [0.25, 0.3) is 5.91 Å². The molecule has 1 atom stereocenters. The van der Waals surface area contributed by atoms with Gasteiger partial charge in [-0.1, -0.05) is 60.7 Å². The second-order valence-electron chi connectivity index (χ2n) is 8.09. The summed E-state index contributed by atoms with van der Waals surface area (Å²) in [5.74, 6) is 0.244. The molecule has 0 radical (unpaired) electrons. The van der Waals surface area contributed by atoms with E-state index < -0.39 is 0 Å². The Kier molecular flexibility index (Phi) is 7.27. The lowest BCUT2D eigenvalue weighted by atomic mass is 10.0. The minimum atomic E-state index is -0.268. The number of aryl methyl sites for hydroxylation is 1. The molecule has 1 unspecified atom stereocenters.